The molecule has 0 aliphatic carbocycles. The molecule has 2 amide bonds. The van der Waals surface area contributed by atoms with Crippen LogP contribution < -0.4 is 10.6 Å². The Labute approximate surface area is 180 Å². The molecule has 164 valence electrons. The summed E-state index contributed by atoms with van der Waals surface area (Å²) in [5.41, 5.74) is 0. The van der Waals surface area contributed by atoms with E-state index < -0.39 is 21.1 Å². The fourth-order valence-electron chi connectivity index (χ4n) is 3.22. The Hall–Kier alpha value is -2.14. The summed E-state index contributed by atoms with van der Waals surface area (Å²) in [5, 5.41) is 18.6. The molecular formula is C19H25ClN4O5S. The van der Waals surface area contributed by atoms with Crippen LogP contribution in [0.15, 0.2) is 39.8 Å². The molecule has 1 atom stereocenters. The van der Waals surface area contributed by atoms with Gasteiger partial charge in [0.25, 0.3) is 0 Å². The lowest BCUT2D eigenvalue weighted by Crippen LogP contribution is -2.59. The minimum Gasteiger partial charge on any atom is -0.395 e. The summed E-state index contributed by atoms with van der Waals surface area (Å²) in [6.45, 7) is 2.78. The van der Waals surface area contributed by atoms with Crippen molar-refractivity contribution in [2.24, 2.45) is 0 Å². The van der Waals surface area contributed by atoms with Crippen molar-refractivity contribution < 1.29 is 22.8 Å². The summed E-state index contributed by atoms with van der Waals surface area (Å²) in [4.78, 5) is 14.1. The van der Waals surface area contributed by atoms with Crippen molar-refractivity contribution in [1.82, 2.24) is 15.4 Å². The number of carbonyl (C=O) groups excluding carboxylic acids is 1. The van der Waals surface area contributed by atoms with Crippen molar-refractivity contribution in [2.75, 3.05) is 31.6 Å². The van der Waals surface area contributed by atoms with E-state index in [4.69, 9.17) is 16.1 Å². The maximum atomic E-state index is 12.7. The van der Waals surface area contributed by atoms with Crippen LogP contribution in [0.2, 0.25) is 5.02 Å². The number of urea groups is 1. The first-order valence-electron chi connectivity index (χ1n) is 9.68. The molecule has 0 bridgehead atoms. The molecule has 0 saturated carbocycles. The molecule has 2 aromatic rings. The number of aromatic nitrogens is 1. The maximum Gasteiger partial charge on any atom is 0.320 e. The Balaban J connectivity index is 1.44. The van der Waals surface area contributed by atoms with E-state index in [1.165, 1.54) is 12.1 Å². The van der Waals surface area contributed by atoms with Gasteiger partial charge in [-0.2, -0.15) is 0 Å². The topological polar surface area (TPSA) is 125 Å². The van der Waals surface area contributed by atoms with Crippen LogP contribution in [0.4, 0.5) is 10.6 Å². The second-order valence-corrected chi connectivity index (χ2v) is 9.78. The largest absolute Gasteiger partial charge is 0.395 e. The van der Waals surface area contributed by atoms with E-state index in [9.17, 15) is 18.3 Å². The number of carbonyl (C=O) groups is 1. The molecule has 2 heterocycles. The van der Waals surface area contributed by atoms with Gasteiger partial charge in [-0.25, -0.2) is 13.2 Å². The average molecular weight is 457 g/mol. The second kappa shape index (κ2) is 9.78. The minimum atomic E-state index is -3.44. The second-order valence-electron chi connectivity index (χ2n) is 7.11. The maximum absolute atomic E-state index is 12.7. The van der Waals surface area contributed by atoms with Gasteiger partial charge in [-0.15, -0.1) is 0 Å². The van der Waals surface area contributed by atoms with E-state index in [2.05, 4.69) is 15.8 Å². The molecule has 1 aromatic heterocycles. The van der Waals surface area contributed by atoms with Gasteiger partial charge in [0.15, 0.2) is 15.7 Å². The SMILES string of the molecule is CCc1cc(NC(=O)NCC[C@@H](CO)N2CC(S(=O)(=O)c3ccc(Cl)cc3)C2)no1. The number of aryl methyl sites for hydroxylation is 1. The monoisotopic (exact) mass is 456 g/mol. The zero-order valence-electron chi connectivity index (χ0n) is 16.5. The van der Waals surface area contributed by atoms with Crippen molar-refractivity contribution in [1.29, 1.82) is 0 Å². The molecule has 1 aliphatic heterocycles. The number of anilines is 1. The lowest BCUT2D eigenvalue weighted by atomic mass is 10.1. The molecule has 1 fully saturated rings. The molecule has 1 aliphatic rings. The first kappa shape index (κ1) is 22.5. The summed E-state index contributed by atoms with van der Waals surface area (Å²) in [6.07, 6.45) is 1.16. The first-order chi connectivity index (χ1) is 14.3. The highest BCUT2D eigenvalue weighted by molar-refractivity contribution is 7.92. The Morgan fingerprint density at radius 3 is 2.67 bits per heavy atom. The van der Waals surface area contributed by atoms with Crippen LogP contribution in [0.3, 0.4) is 0 Å². The molecular weight excluding hydrogens is 432 g/mol. The van der Waals surface area contributed by atoms with Crippen LogP contribution >= 0.6 is 11.6 Å². The smallest absolute Gasteiger partial charge is 0.320 e. The number of benzene rings is 1. The number of amides is 2. The molecule has 9 nitrogen and oxygen atoms in total. The quantitative estimate of drug-likeness (QED) is 0.526. The van der Waals surface area contributed by atoms with Crippen LogP contribution in [-0.2, 0) is 16.3 Å². The number of aliphatic hydroxyl groups is 1. The number of hydrogen-bond acceptors (Lipinski definition) is 7. The van der Waals surface area contributed by atoms with Crippen molar-refractivity contribution in [3.05, 3.63) is 41.1 Å². The van der Waals surface area contributed by atoms with E-state index in [0.717, 1.165) is 0 Å². The predicted octanol–water partition coefficient (Wildman–Crippen LogP) is 1.92. The highest BCUT2D eigenvalue weighted by Gasteiger charge is 2.40. The number of sulfone groups is 1. The van der Waals surface area contributed by atoms with Gasteiger partial charge in [0, 0.05) is 43.2 Å². The fourth-order valence-corrected chi connectivity index (χ4v) is 5.02. The highest BCUT2D eigenvalue weighted by atomic mass is 35.5. The molecule has 30 heavy (non-hydrogen) atoms. The summed E-state index contributed by atoms with van der Waals surface area (Å²) in [6, 6.07) is 7.11. The summed E-state index contributed by atoms with van der Waals surface area (Å²) >= 11 is 5.82. The van der Waals surface area contributed by atoms with Crippen LogP contribution in [-0.4, -0.2) is 67.1 Å². The van der Waals surface area contributed by atoms with E-state index in [1.807, 2.05) is 11.8 Å². The summed E-state index contributed by atoms with van der Waals surface area (Å²) < 4.78 is 30.4. The number of hydrogen-bond donors (Lipinski definition) is 3. The Kier molecular flexibility index (Phi) is 7.35. The van der Waals surface area contributed by atoms with Crippen LogP contribution in [0.5, 0.6) is 0 Å². The van der Waals surface area contributed by atoms with E-state index >= 15 is 0 Å². The lowest BCUT2D eigenvalue weighted by Gasteiger charge is -2.43. The van der Waals surface area contributed by atoms with Gasteiger partial charge in [0.05, 0.1) is 16.8 Å². The average Bonchev–Trinajstić information content (AvgIpc) is 3.13. The van der Waals surface area contributed by atoms with Gasteiger partial charge in [-0.05, 0) is 30.7 Å². The Morgan fingerprint density at radius 1 is 1.37 bits per heavy atom. The van der Waals surface area contributed by atoms with E-state index in [-0.39, 0.29) is 17.5 Å². The lowest BCUT2D eigenvalue weighted by molar-refractivity contribution is 0.0696. The zero-order chi connectivity index (χ0) is 21.7. The third-order valence-electron chi connectivity index (χ3n) is 5.10. The van der Waals surface area contributed by atoms with E-state index in [1.54, 1.807) is 18.2 Å². The summed E-state index contributed by atoms with van der Waals surface area (Å²) in [7, 11) is -3.44. The molecule has 0 spiro atoms. The summed E-state index contributed by atoms with van der Waals surface area (Å²) in [5.74, 6) is 1.01. The molecule has 11 heteroatoms. The molecule has 0 unspecified atom stereocenters. The number of nitrogens with one attached hydrogen (secondary N) is 2. The van der Waals surface area contributed by atoms with Gasteiger partial charge in [0.2, 0.25) is 0 Å². The number of nitrogens with zero attached hydrogens (tertiary/aromatic N) is 2. The zero-order valence-corrected chi connectivity index (χ0v) is 18.1. The highest BCUT2D eigenvalue weighted by Crippen LogP contribution is 2.26. The Bertz CT molecular complexity index is 958. The van der Waals surface area contributed by atoms with Crippen LogP contribution in [0.25, 0.3) is 0 Å². The van der Waals surface area contributed by atoms with Gasteiger partial charge in [-0.3, -0.25) is 10.2 Å². The van der Waals surface area contributed by atoms with Crippen LogP contribution in [0, 0.1) is 0 Å². The minimum absolute atomic E-state index is 0.125. The molecule has 3 rings (SSSR count). The Morgan fingerprint density at radius 2 is 2.07 bits per heavy atom. The van der Waals surface area contributed by atoms with Crippen molar-refractivity contribution in [3.8, 4) is 0 Å². The van der Waals surface area contributed by atoms with Crippen molar-refractivity contribution >= 4 is 33.3 Å². The van der Waals surface area contributed by atoms with Gasteiger partial charge >= 0.3 is 6.03 Å². The normalized spacial score (nSPS) is 16.1. The molecule has 1 aromatic carbocycles. The third-order valence-corrected chi connectivity index (χ3v) is 7.45. The standard InChI is InChI=1S/C19H25ClN4O5S/c1-2-15-9-18(23-29-15)22-19(26)21-8-7-14(12-25)24-10-17(11-24)30(27,28)16-5-3-13(20)4-6-16/h3-6,9,14,17,25H,2,7-8,10-12H2,1H3,(H2,21,22,23,26)/t14-/m0/s1. The number of likely N-dealkylation sites (tertiary alicyclic amines) is 1. The first-order valence-corrected chi connectivity index (χ1v) is 11.6. The predicted molar refractivity (Wildman–Crippen MR) is 112 cm³/mol. The fraction of sp³-hybridized carbons (Fsp3) is 0.474. The van der Waals surface area contributed by atoms with Gasteiger partial charge in [-0.1, -0.05) is 23.7 Å². The molecule has 1 saturated heterocycles. The number of aliphatic hydroxyl groups excluding tert-OH is 1. The molecule has 3 N–H and O–H groups in total. The van der Waals surface area contributed by atoms with Crippen molar-refractivity contribution in [3.63, 3.8) is 0 Å². The van der Waals surface area contributed by atoms with Gasteiger partial charge in [0.1, 0.15) is 5.76 Å². The molecule has 0 radical (unpaired) electrons. The number of rotatable bonds is 9. The van der Waals surface area contributed by atoms with Gasteiger partial charge < -0.3 is 14.9 Å². The van der Waals surface area contributed by atoms with Crippen molar-refractivity contribution in [2.45, 2.75) is 36.0 Å². The third kappa shape index (κ3) is 5.31. The van der Waals surface area contributed by atoms with Crippen LogP contribution in [0.1, 0.15) is 19.1 Å². The number of halogens is 1. The van der Waals surface area contributed by atoms with E-state index in [0.29, 0.717) is 49.1 Å².